The van der Waals surface area contributed by atoms with Crippen LogP contribution in [0.25, 0.3) is 0 Å². The maximum atomic E-state index is 11.2. The second-order valence-electron chi connectivity index (χ2n) is 5.89. The number of hydrogen-bond donors (Lipinski definition) is 2. The summed E-state index contributed by atoms with van der Waals surface area (Å²) < 4.78 is 0. The molecular formula is C12H19NO2. The fourth-order valence-corrected chi connectivity index (χ4v) is 4.47. The van der Waals surface area contributed by atoms with E-state index in [4.69, 9.17) is 0 Å². The van der Waals surface area contributed by atoms with E-state index in [1.165, 1.54) is 19.3 Å². The molecule has 15 heavy (non-hydrogen) atoms. The van der Waals surface area contributed by atoms with Gasteiger partial charge in [-0.1, -0.05) is 0 Å². The van der Waals surface area contributed by atoms with Crippen LogP contribution in [0.5, 0.6) is 0 Å². The van der Waals surface area contributed by atoms with Crippen molar-refractivity contribution in [3.8, 4) is 0 Å². The van der Waals surface area contributed by atoms with E-state index in [2.05, 4.69) is 5.32 Å². The highest BCUT2D eigenvalue weighted by Crippen LogP contribution is 2.55. The molecule has 3 nitrogen and oxygen atoms in total. The Morgan fingerprint density at radius 1 is 1.27 bits per heavy atom. The van der Waals surface area contributed by atoms with Gasteiger partial charge in [0.15, 0.2) is 0 Å². The normalized spacial score (nSPS) is 51.9. The summed E-state index contributed by atoms with van der Waals surface area (Å²) in [6.45, 7) is 1.55. The number of nitrogens with one attached hydrogen (secondary N) is 1. The molecule has 4 aliphatic rings. The summed E-state index contributed by atoms with van der Waals surface area (Å²) >= 11 is 0. The van der Waals surface area contributed by atoms with E-state index < -0.39 is 5.60 Å². The standard InChI is InChI=1S/C12H19NO2/c1-7(14)13-11-10-3-8-2-9(4-10)6-12(11,15)5-8/h8-11,15H,2-6H2,1H3,(H,13,14). The number of rotatable bonds is 1. The van der Waals surface area contributed by atoms with Crippen LogP contribution >= 0.6 is 0 Å². The molecule has 2 N–H and O–H groups in total. The van der Waals surface area contributed by atoms with Crippen LogP contribution in [-0.4, -0.2) is 22.7 Å². The largest absolute Gasteiger partial charge is 0.388 e. The van der Waals surface area contributed by atoms with E-state index >= 15 is 0 Å². The number of hydrogen-bond acceptors (Lipinski definition) is 2. The maximum absolute atomic E-state index is 11.2. The third-order valence-corrected chi connectivity index (χ3v) is 4.63. The molecule has 0 aliphatic heterocycles. The summed E-state index contributed by atoms with van der Waals surface area (Å²) in [6, 6.07) is 0.0304. The van der Waals surface area contributed by atoms with Gasteiger partial charge in [0.25, 0.3) is 0 Å². The first-order valence-electron chi connectivity index (χ1n) is 6.06. The van der Waals surface area contributed by atoms with Gasteiger partial charge >= 0.3 is 0 Å². The molecule has 0 aromatic rings. The SMILES string of the molecule is CC(=O)NC1C2CC3CC(C2)CC1(O)C3. The molecule has 1 amide bonds. The number of carbonyl (C=O) groups is 1. The monoisotopic (exact) mass is 209 g/mol. The quantitative estimate of drug-likeness (QED) is 0.678. The highest BCUT2D eigenvalue weighted by molar-refractivity contribution is 5.73. The molecule has 4 fully saturated rings. The van der Waals surface area contributed by atoms with Crippen LogP contribution < -0.4 is 5.32 Å². The number of amides is 1. The maximum Gasteiger partial charge on any atom is 0.217 e. The van der Waals surface area contributed by atoms with Crippen molar-refractivity contribution < 1.29 is 9.90 Å². The van der Waals surface area contributed by atoms with Gasteiger partial charge in [0.05, 0.1) is 11.6 Å². The van der Waals surface area contributed by atoms with Gasteiger partial charge in [-0.25, -0.2) is 0 Å². The predicted molar refractivity (Wildman–Crippen MR) is 56.1 cm³/mol. The van der Waals surface area contributed by atoms with Crippen molar-refractivity contribution in [2.75, 3.05) is 0 Å². The van der Waals surface area contributed by atoms with E-state index in [1.54, 1.807) is 6.92 Å². The van der Waals surface area contributed by atoms with E-state index in [-0.39, 0.29) is 11.9 Å². The van der Waals surface area contributed by atoms with Crippen molar-refractivity contribution in [2.24, 2.45) is 17.8 Å². The lowest BCUT2D eigenvalue weighted by atomic mass is 9.52. The second-order valence-corrected chi connectivity index (χ2v) is 5.89. The Kier molecular flexibility index (Phi) is 1.91. The molecule has 4 bridgehead atoms. The molecule has 4 saturated carbocycles. The van der Waals surface area contributed by atoms with Crippen molar-refractivity contribution in [1.29, 1.82) is 0 Å². The summed E-state index contributed by atoms with van der Waals surface area (Å²) in [6.07, 6.45) is 5.55. The summed E-state index contributed by atoms with van der Waals surface area (Å²) in [5, 5.41) is 13.6. The highest BCUT2D eigenvalue weighted by Gasteiger charge is 2.56. The Morgan fingerprint density at radius 3 is 2.33 bits per heavy atom. The predicted octanol–water partition coefficient (Wildman–Crippen LogP) is 1.06. The van der Waals surface area contributed by atoms with Gasteiger partial charge in [0.2, 0.25) is 5.91 Å². The summed E-state index contributed by atoms with van der Waals surface area (Å²) in [7, 11) is 0. The van der Waals surface area contributed by atoms with Crippen LogP contribution in [0.15, 0.2) is 0 Å². The van der Waals surface area contributed by atoms with Crippen molar-refractivity contribution >= 4 is 5.91 Å². The topological polar surface area (TPSA) is 49.3 Å². The zero-order valence-electron chi connectivity index (χ0n) is 9.20. The highest BCUT2D eigenvalue weighted by atomic mass is 16.3. The first kappa shape index (κ1) is 9.64. The van der Waals surface area contributed by atoms with Crippen LogP contribution in [-0.2, 0) is 4.79 Å². The van der Waals surface area contributed by atoms with Crippen LogP contribution in [0.1, 0.15) is 39.0 Å². The molecular weight excluding hydrogens is 190 g/mol. The molecule has 0 spiro atoms. The third kappa shape index (κ3) is 1.40. The van der Waals surface area contributed by atoms with Crippen LogP contribution in [0.4, 0.5) is 0 Å². The Balaban J connectivity index is 1.86. The molecule has 0 aromatic carbocycles. The molecule has 0 radical (unpaired) electrons. The lowest BCUT2D eigenvalue weighted by molar-refractivity contribution is -0.156. The zero-order chi connectivity index (χ0) is 10.6. The molecule has 3 heteroatoms. The number of carbonyl (C=O) groups excluding carboxylic acids is 1. The van der Waals surface area contributed by atoms with Crippen LogP contribution in [0.3, 0.4) is 0 Å². The molecule has 0 saturated heterocycles. The Bertz CT molecular complexity index is 288. The summed E-state index contributed by atoms with van der Waals surface area (Å²) in [5.74, 6) is 1.97. The Labute approximate surface area is 90.2 Å². The van der Waals surface area contributed by atoms with E-state index in [1.807, 2.05) is 0 Å². The van der Waals surface area contributed by atoms with Gasteiger partial charge in [-0.15, -0.1) is 0 Å². The van der Waals surface area contributed by atoms with E-state index in [0.717, 1.165) is 24.7 Å². The Morgan fingerprint density at radius 2 is 1.87 bits per heavy atom. The average Bonchev–Trinajstić information content (AvgIpc) is 2.09. The van der Waals surface area contributed by atoms with Gasteiger partial charge in [-0.3, -0.25) is 4.79 Å². The van der Waals surface area contributed by atoms with Crippen LogP contribution in [0, 0.1) is 17.8 Å². The minimum atomic E-state index is -0.583. The molecule has 3 atom stereocenters. The number of aliphatic hydroxyl groups is 1. The zero-order valence-corrected chi connectivity index (χ0v) is 9.20. The molecule has 84 valence electrons. The van der Waals surface area contributed by atoms with Gasteiger partial charge in [-0.05, 0) is 49.9 Å². The van der Waals surface area contributed by atoms with Gasteiger partial charge in [-0.2, -0.15) is 0 Å². The second kappa shape index (κ2) is 2.97. The Hall–Kier alpha value is -0.570. The fourth-order valence-electron chi connectivity index (χ4n) is 4.47. The van der Waals surface area contributed by atoms with Crippen LogP contribution in [0.2, 0.25) is 0 Å². The first-order valence-corrected chi connectivity index (χ1v) is 6.06. The minimum Gasteiger partial charge on any atom is -0.388 e. The summed E-state index contributed by atoms with van der Waals surface area (Å²) in [4.78, 5) is 11.2. The van der Waals surface area contributed by atoms with Crippen molar-refractivity contribution in [3.63, 3.8) is 0 Å². The van der Waals surface area contributed by atoms with Gasteiger partial charge in [0, 0.05) is 6.92 Å². The molecule has 4 rings (SSSR count). The first-order chi connectivity index (χ1) is 7.07. The van der Waals surface area contributed by atoms with E-state index in [0.29, 0.717) is 5.92 Å². The lowest BCUT2D eigenvalue weighted by Gasteiger charge is -2.58. The fraction of sp³-hybridized carbons (Fsp3) is 0.917. The molecule has 3 unspecified atom stereocenters. The third-order valence-electron chi connectivity index (χ3n) is 4.63. The smallest absolute Gasteiger partial charge is 0.217 e. The van der Waals surface area contributed by atoms with Crippen molar-refractivity contribution in [2.45, 2.75) is 50.7 Å². The minimum absolute atomic E-state index is 0.000832. The van der Waals surface area contributed by atoms with Crippen molar-refractivity contribution in [3.05, 3.63) is 0 Å². The van der Waals surface area contributed by atoms with Crippen molar-refractivity contribution in [1.82, 2.24) is 5.32 Å². The molecule has 4 aliphatic carbocycles. The van der Waals surface area contributed by atoms with E-state index in [9.17, 15) is 9.90 Å². The molecule has 0 heterocycles. The van der Waals surface area contributed by atoms with Gasteiger partial charge in [0.1, 0.15) is 0 Å². The lowest BCUT2D eigenvalue weighted by Crippen LogP contribution is -2.65. The molecule has 0 aromatic heterocycles. The summed E-state index contributed by atoms with van der Waals surface area (Å²) in [5.41, 5.74) is -0.583. The van der Waals surface area contributed by atoms with Gasteiger partial charge < -0.3 is 10.4 Å². The average molecular weight is 209 g/mol.